The number of halogens is 1. The maximum atomic E-state index is 14.0. The van der Waals surface area contributed by atoms with Crippen molar-refractivity contribution < 1.29 is 13.6 Å². The lowest BCUT2D eigenvalue weighted by atomic mass is 10.2. The predicted molar refractivity (Wildman–Crippen MR) is 104 cm³/mol. The Balaban J connectivity index is 1.41. The lowest BCUT2D eigenvalue weighted by Gasteiger charge is -2.36. The Morgan fingerprint density at radius 3 is 2.57 bits per heavy atom. The van der Waals surface area contributed by atoms with Gasteiger partial charge < -0.3 is 14.2 Å². The van der Waals surface area contributed by atoms with Crippen LogP contribution in [0, 0.1) is 23.1 Å². The number of nitriles is 1. The molecule has 144 valence electrons. The van der Waals surface area contributed by atoms with Gasteiger partial charge in [-0.05, 0) is 36.6 Å². The third kappa shape index (κ3) is 3.65. The van der Waals surface area contributed by atoms with Gasteiger partial charge in [0.1, 0.15) is 29.0 Å². The van der Waals surface area contributed by atoms with E-state index in [2.05, 4.69) is 6.92 Å². The molecule has 0 N–H and O–H groups in total. The van der Waals surface area contributed by atoms with E-state index >= 15 is 0 Å². The molecule has 1 saturated carbocycles. The van der Waals surface area contributed by atoms with Gasteiger partial charge in [0.25, 0.3) is 5.91 Å². The summed E-state index contributed by atoms with van der Waals surface area (Å²) in [5.41, 5.74) is 0.604. The SMILES string of the molecule is C[C@H]1C[C@H]1c1ccc(/C=C(\C#N)C(=O)N2CCN(c3ccccc3F)CC2)o1. The molecule has 1 aromatic heterocycles. The third-order valence-electron chi connectivity index (χ3n) is 5.52. The fourth-order valence-electron chi connectivity index (χ4n) is 3.68. The quantitative estimate of drug-likeness (QED) is 0.599. The normalized spacial score (nSPS) is 22.1. The second kappa shape index (κ2) is 7.51. The summed E-state index contributed by atoms with van der Waals surface area (Å²) in [5.74, 6) is 1.96. The molecular weight excluding hydrogens is 357 g/mol. The standard InChI is InChI=1S/C22H22FN3O2/c1-15-12-18(15)21-7-6-17(28-21)13-16(14-24)22(27)26-10-8-25(9-11-26)20-5-3-2-4-19(20)23/h2-7,13,15,18H,8-12H2,1H3/b16-13+/t15-,18+/m0/s1. The summed E-state index contributed by atoms with van der Waals surface area (Å²) in [7, 11) is 0. The van der Waals surface area contributed by atoms with Crippen molar-refractivity contribution in [3.8, 4) is 6.07 Å². The molecule has 6 heteroatoms. The minimum atomic E-state index is -0.312. The highest BCUT2D eigenvalue weighted by Crippen LogP contribution is 2.47. The Morgan fingerprint density at radius 2 is 1.93 bits per heavy atom. The molecule has 0 spiro atoms. The lowest BCUT2D eigenvalue weighted by molar-refractivity contribution is -0.126. The summed E-state index contributed by atoms with van der Waals surface area (Å²) in [4.78, 5) is 16.3. The van der Waals surface area contributed by atoms with Crippen LogP contribution in [0.4, 0.5) is 10.1 Å². The average molecular weight is 379 g/mol. The van der Waals surface area contributed by atoms with Crippen molar-refractivity contribution >= 4 is 17.7 Å². The molecule has 1 aliphatic heterocycles. The van der Waals surface area contributed by atoms with Gasteiger partial charge in [-0.3, -0.25) is 4.79 Å². The fourth-order valence-corrected chi connectivity index (χ4v) is 3.68. The molecule has 4 rings (SSSR count). The Kier molecular flexibility index (Phi) is 4.91. The zero-order valence-corrected chi connectivity index (χ0v) is 15.8. The molecule has 2 atom stereocenters. The predicted octanol–water partition coefficient (Wildman–Crippen LogP) is 3.80. The van der Waals surface area contributed by atoms with Crippen molar-refractivity contribution in [3.05, 3.63) is 59.3 Å². The van der Waals surface area contributed by atoms with Crippen LogP contribution in [0.3, 0.4) is 0 Å². The minimum Gasteiger partial charge on any atom is -0.461 e. The summed E-state index contributed by atoms with van der Waals surface area (Å²) in [6.45, 7) is 4.10. The maximum absolute atomic E-state index is 14.0. The van der Waals surface area contributed by atoms with E-state index in [-0.39, 0.29) is 17.3 Å². The number of benzene rings is 1. The smallest absolute Gasteiger partial charge is 0.264 e. The van der Waals surface area contributed by atoms with Crippen LogP contribution in [-0.2, 0) is 4.79 Å². The molecule has 28 heavy (non-hydrogen) atoms. The number of hydrogen-bond acceptors (Lipinski definition) is 4. The number of piperazine rings is 1. The van der Waals surface area contributed by atoms with E-state index in [0.29, 0.717) is 49.5 Å². The summed E-state index contributed by atoms with van der Waals surface area (Å²) in [6, 6.07) is 12.4. The van der Waals surface area contributed by atoms with Crippen LogP contribution in [0.15, 0.2) is 46.4 Å². The second-order valence-electron chi connectivity index (χ2n) is 7.46. The van der Waals surface area contributed by atoms with E-state index in [0.717, 1.165) is 12.2 Å². The molecule has 2 aromatic rings. The topological polar surface area (TPSA) is 60.5 Å². The van der Waals surface area contributed by atoms with Gasteiger partial charge >= 0.3 is 0 Å². The number of nitrogens with zero attached hydrogens (tertiary/aromatic N) is 3. The van der Waals surface area contributed by atoms with Crippen molar-refractivity contribution in [1.82, 2.24) is 4.90 Å². The van der Waals surface area contributed by atoms with Crippen LogP contribution >= 0.6 is 0 Å². The molecule has 0 radical (unpaired) electrons. The lowest BCUT2D eigenvalue weighted by Crippen LogP contribution is -2.49. The molecule has 1 aromatic carbocycles. The molecule has 1 amide bonds. The second-order valence-corrected chi connectivity index (χ2v) is 7.46. The van der Waals surface area contributed by atoms with Crippen molar-refractivity contribution in [2.75, 3.05) is 31.1 Å². The number of hydrogen-bond donors (Lipinski definition) is 0. The molecule has 2 heterocycles. The molecule has 2 aliphatic rings. The van der Waals surface area contributed by atoms with Gasteiger partial charge in [0.15, 0.2) is 0 Å². The molecule has 1 saturated heterocycles. The van der Waals surface area contributed by atoms with E-state index in [1.54, 1.807) is 29.2 Å². The first-order chi connectivity index (χ1) is 13.6. The molecule has 0 bridgehead atoms. The van der Waals surface area contributed by atoms with Crippen molar-refractivity contribution in [1.29, 1.82) is 5.26 Å². The van der Waals surface area contributed by atoms with E-state index in [1.807, 2.05) is 17.0 Å². The van der Waals surface area contributed by atoms with E-state index in [1.165, 1.54) is 12.1 Å². The summed E-state index contributed by atoms with van der Waals surface area (Å²) >= 11 is 0. The Bertz CT molecular complexity index is 951. The number of anilines is 1. The number of carbonyl (C=O) groups excluding carboxylic acids is 1. The maximum Gasteiger partial charge on any atom is 0.264 e. The zero-order valence-electron chi connectivity index (χ0n) is 15.8. The number of rotatable bonds is 4. The summed E-state index contributed by atoms with van der Waals surface area (Å²) in [5, 5.41) is 9.46. The monoisotopic (exact) mass is 379 g/mol. The fraction of sp³-hybridized carbons (Fsp3) is 0.364. The number of carbonyl (C=O) groups is 1. The van der Waals surface area contributed by atoms with Crippen molar-refractivity contribution in [2.24, 2.45) is 5.92 Å². The van der Waals surface area contributed by atoms with Gasteiger partial charge in [-0.2, -0.15) is 5.26 Å². The summed E-state index contributed by atoms with van der Waals surface area (Å²) < 4.78 is 19.7. The van der Waals surface area contributed by atoms with Gasteiger partial charge in [-0.25, -0.2) is 4.39 Å². The largest absolute Gasteiger partial charge is 0.461 e. The van der Waals surface area contributed by atoms with Gasteiger partial charge in [0.2, 0.25) is 0 Å². The zero-order chi connectivity index (χ0) is 19.7. The van der Waals surface area contributed by atoms with Gasteiger partial charge in [0.05, 0.1) is 5.69 Å². The highest BCUT2D eigenvalue weighted by Gasteiger charge is 2.36. The Hall–Kier alpha value is -3.07. The van der Waals surface area contributed by atoms with Crippen LogP contribution in [-0.4, -0.2) is 37.0 Å². The number of amides is 1. The molecule has 0 unspecified atom stereocenters. The molecule has 1 aliphatic carbocycles. The van der Waals surface area contributed by atoms with Gasteiger partial charge in [-0.1, -0.05) is 19.1 Å². The van der Waals surface area contributed by atoms with Crippen LogP contribution < -0.4 is 4.90 Å². The van der Waals surface area contributed by atoms with Crippen LogP contribution in [0.25, 0.3) is 6.08 Å². The van der Waals surface area contributed by atoms with E-state index in [4.69, 9.17) is 4.42 Å². The van der Waals surface area contributed by atoms with Crippen LogP contribution in [0.2, 0.25) is 0 Å². The Labute approximate surface area is 163 Å². The highest BCUT2D eigenvalue weighted by atomic mass is 19.1. The van der Waals surface area contributed by atoms with Crippen LogP contribution in [0.1, 0.15) is 30.8 Å². The third-order valence-corrected chi connectivity index (χ3v) is 5.52. The van der Waals surface area contributed by atoms with Crippen molar-refractivity contribution in [3.63, 3.8) is 0 Å². The first kappa shape index (κ1) is 18.3. The minimum absolute atomic E-state index is 0.0593. The molecule has 2 fully saturated rings. The van der Waals surface area contributed by atoms with E-state index in [9.17, 15) is 14.4 Å². The molecule has 5 nitrogen and oxygen atoms in total. The highest BCUT2D eigenvalue weighted by molar-refractivity contribution is 6.01. The molecular formula is C22H22FN3O2. The number of para-hydroxylation sites is 1. The van der Waals surface area contributed by atoms with Gasteiger partial charge in [-0.15, -0.1) is 0 Å². The Morgan fingerprint density at radius 1 is 1.21 bits per heavy atom. The first-order valence-electron chi connectivity index (χ1n) is 9.57. The van der Waals surface area contributed by atoms with Gasteiger partial charge in [0, 0.05) is 38.2 Å². The average Bonchev–Trinajstić information content (AvgIpc) is 3.26. The number of furan rings is 1. The first-order valence-corrected chi connectivity index (χ1v) is 9.57. The summed E-state index contributed by atoms with van der Waals surface area (Å²) in [6.07, 6.45) is 2.63. The van der Waals surface area contributed by atoms with Crippen molar-refractivity contribution in [2.45, 2.75) is 19.3 Å². The van der Waals surface area contributed by atoms with E-state index < -0.39 is 0 Å². The van der Waals surface area contributed by atoms with Crippen LogP contribution in [0.5, 0.6) is 0 Å².